The van der Waals surface area contributed by atoms with Crippen LogP contribution in [0, 0.1) is 6.92 Å². The maximum absolute atomic E-state index is 12.7. The molecule has 0 unspecified atom stereocenters. The van der Waals surface area contributed by atoms with Crippen LogP contribution in [0.1, 0.15) is 32.8 Å². The number of hydrogen-bond acceptors (Lipinski definition) is 3. The predicted octanol–water partition coefficient (Wildman–Crippen LogP) is 3.04. The lowest BCUT2D eigenvalue weighted by atomic mass is 10.0. The SMILES string of the molecule is CCC(C)(C)N(C)S(=O)(=O)c1cc(Cl)cc(N)c1C. The Morgan fingerprint density at radius 3 is 2.37 bits per heavy atom. The first kappa shape index (κ1) is 16.3. The van der Waals surface area contributed by atoms with Crippen LogP contribution in [0.3, 0.4) is 0 Å². The van der Waals surface area contributed by atoms with Crippen molar-refractivity contribution in [1.29, 1.82) is 0 Å². The van der Waals surface area contributed by atoms with Crippen molar-refractivity contribution in [2.45, 2.75) is 44.6 Å². The first-order valence-electron chi connectivity index (χ1n) is 6.08. The van der Waals surface area contributed by atoms with Crippen LogP contribution in [0.4, 0.5) is 5.69 Å². The molecule has 0 bridgehead atoms. The molecule has 1 aromatic carbocycles. The molecular weight excluding hydrogens is 284 g/mol. The average Bonchev–Trinajstić information content (AvgIpc) is 2.32. The van der Waals surface area contributed by atoms with Crippen molar-refractivity contribution in [3.05, 3.63) is 22.7 Å². The van der Waals surface area contributed by atoms with Crippen molar-refractivity contribution in [3.8, 4) is 0 Å². The van der Waals surface area contributed by atoms with Gasteiger partial charge in [0.05, 0.1) is 4.90 Å². The number of sulfonamides is 1. The third-order valence-electron chi connectivity index (χ3n) is 3.72. The lowest BCUT2D eigenvalue weighted by molar-refractivity contribution is 0.257. The topological polar surface area (TPSA) is 63.4 Å². The van der Waals surface area contributed by atoms with Crippen LogP contribution in [0.5, 0.6) is 0 Å². The Balaban J connectivity index is 3.45. The van der Waals surface area contributed by atoms with E-state index in [-0.39, 0.29) is 4.90 Å². The zero-order valence-corrected chi connectivity index (χ0v) is 13.6. The molecule has 108 valence electrons. The third-order valence-corrected chi connectivity index (χ3v) is 6.13. The molecule has 0 saturated carbocycles. The second kappa shape index (κ2) is 5.31. The minimum Gasteiger partial charge on any atom is -0.398 e. The van der Waals surface area contributed by atoms with Gasteiger partial charge in [0.25, 0.3) is 0 Å². The molecule has 0 atom stereocenters. The standard InChI is InChI=1S/C13H21ClN2O2S/c1-6-13(3,4)16(5)19(17,18)12-8-10(14)7-11(15)9(12)2/h7-8H,6,15H2,1-5H3. The summed E-state index contributed by atoms with van der Waals surface area (Å²) < 4.78 is 26.7. The van der Waals surface area contributed by atoms with Crippen LogP contribution >= 0.6 is 11.6 Å². The van der Waals surface area contributed by atoms with Gasteiger partial charge in [0.2, 0.25) is 10.0 Å². The molecule has 0 heterocycles. The van der Waals surface area contributed by atoms with Gasteiger partial charge in [-0.25, -0.2) is 8.42 Å². The van der Waals surface area contributed by atoms with Crippen molar-refractivity contribution >= 4 is 27.3 Å². The normalized spacial score (nSPS) is 13.0. The van der Waals surface area contributed by atoms with Crippen LogP contribution < -0.4 is 5.73 Å². The van der Waals surface area contributed by atoms with Crippen LogP contribution in [0.25, 0.3) is 0 Å². The zero-order valence-electron chi connectivity index (χ0n) is 12.0. The van der Waals surface area contributed by atoms with E-state index in [4.69, 9.17) is 17.3 Å². The highest BCUT2D eigenvalue weighted by atomic mass is 35.5. The van der Waals surface area contributed by atoms with Crippen molar-refractivity contribution in [2.75, 3.05) is 12.8 Å². The molecular formula is C13H21ClN2O2S. The van der Waals surface area contributed by atoms with Gasteiger partial charge in [-0.2, -0.15) is 4.31 Å². The molecule has 1 rings (SSSR count). The zero-order chi connectivity index (χ0) is 15.0. The summed E-state index contributed by atoms with van der Waals surface area (Å²) in [5, 5.41) is 0.323. The van der Waals surface area contributed by atoms with E-state index >= 15 is 0 Å². The summed E-state index contributed by atoms with van der Waals surface area (Å²) in [5.74, 6) is 0. The summed E-state index contributed by atoms with van der Waals surface area (Å²) in [6, 6.07) is 3.01. The summed E-state index contributed by atoms with van der Waals surface area (Å²) in [6.07, 6.45) is 0.706. The highest BCUT2D eigenvalue weighted by Crippen LogP contribution is 2.31. The minimum atomic E-state index is -3.62. The lowest BCUT2D eigenvalue weighted by Gasteiger charge is -2.34. The second-order valence-corrected chi connectivity index (χ2v) is 7.63. The summed E-state index contributed by atoms with van der Waals surface area (Å²) >= 11 is 5.92. The van der Waals surface area contributed by atoms with E-state index in [0.29, 0.717) is 22.7 Å². The third kappa shape index (κ3) is 3.04. The van der Waals surface area contributed by atoms with E-state index in [0.717, 1.165) is 0 Å². The number of hydrogen-bond donors (Lipinski definition) is 1. The van der Waals surface area contributed by atoms with Gasteiger partial charge >= 0.3 is 0 Å². The van der Waals surface area contributed by atoms with Gasteiger partial charge in [-0.1, -0.05) is 18.5 Å². The Hall–Kier alpha value is -0.780. The van der Waals surface area contributed by atoms with Crippen molar-refractivity contribution in [1.82, 2.24) is 4.31 Å². The molecule has 2 N–H and O–H groups in total. The Morgan fingerprint density at radius 1 is 1.37 bits per heavy atom. The van der Waals surface area contributed by atoms with E-state index < -0.39 is 15.6 Å². The molecule has 0 aromatic heterocycles. The van der Waals surface area contributed by atoms with E-state index in [2.05, 4.69) is 0 Å². The fourth-order valence-corrected chi connectivity index (χ4v) is 3.78. The van der Waals surface area contributed by atoms with Crippen LogP contribution in [0.15, 0.2) is 17.0 Å². The molecule has 0 amide bonds. The largest absolute Gasteiger partial charge is 0.398 e. The van der Waals surface area contributed by atoms with Gasteiger partial charge in [-0.15, -0.1) is 0 Å². The molecule has 0 aliphatic heterocycles. The van der Waals surface area contributed by atoms with Crippen LogP contribution in [-0.2, 0) is 10.0 Å². The second-order valence-electron chi connectivity index (χ2n) is 5.26. The number of anilines is 1. The van der Waals surface area contributed by atoms with Crippen molar-refractivity contribution < 1.29 is 8.42 Å². The van der Waals surface area contributed by atoms with Gasteiger partial charge < -0.3 is 5.73 Å². The number of rotatable bonds is 4. The first-order valence-corrected chi connectivity index (χ1v) is 7.90. The summed E-state index contributed by atoms with van der Waals surface area (Å²) in [5.41, 5.74) is 6.24. The maximum atomic E-state index is 12.7. The molecule has 0 fully saturated rings. The fraction of sp³-hybridized carbons (Fsp3) is 0.538. The maximum Gasteiger partial charge on any atom is 0.243 e. The molecule has 0 aliphatic rings. The molecule has 0 radical (unpaired) electrons. The fourth-order valence-electron chi connectivity index (χ4n) is 1.64. The molecule has 19 heavy (non-hydrogen) atoms. The Morgan fingerprint density at radius 2 is 1.89 bits per heavy atom. The van der Waals surface area contributed by atoms with Gasteiger partial charge in [0.15, 0.2) is 0 Å². The smallest absolute Gasteiger partial charge is 0.243 e. The van der Waals surface area contributed by atoms with Gasteiger partial charge in [-0.05, 0) is 44.9 Å². The van der Waals surface area contributed by atoms with Gasteiger partial charge in [-0.3, -0.25) is 0 Å². The minimum absolute atomic E-state index is 0.168. The van der Waals surface area contributed by atoms with Gasteiger partial charge in [0.1, 0.15) is 0 Å². The Kier molecular flexibility index (Phi) is 4.55. The van der Waals surface area contributed by atoms with E-state index in [1.54, 1.807) is 20.0 Å². The monoisotopic (exact) mass is 304 g/mol. The van der Waals surface area contributed by atoms with Crippen molar-refractivity contribution in [3.63, 3.8) is 0 Å². The number of nitrogens with two attached hydrogens (primary N) is 1. The van der Waals surface area contributed by atoms with Crippen LogP contribution in [0.2, 0.25) is 5.02 Å². The molecule has 0 saturated heterocycles. The first-order chi connectivity index (χ1) is 8.54. The van der Waals surface area contributed by atoms with E-state index in [1.807, 2.05) is 20.8 Å². The quantitative estimate of drug-likeness (QED) is 0.870. The number of halogens is 1. The predicted molar refractivity (Wildman–Crippen MR) is 79.9 cm³/mol. The highest BCUT2D eigenvalue weighted by molar-refractivity contribution is 7.89. The Bertz CT molecular complexity index is 583. The number of benzene rings is 1. The molecule has 4 nitrogen and oxygen atoms in total. The molecule has 0 spiro atoms. The Labute approximate surface area is 120 Å². The van der Waals surface area contributed by atoms with E-state index in [9.17, 15) is 8.42 Å². The lowest BCUT2D eigenvalue weighted by Crippen LogP contribution is -2.44. The average molecular weight is 305 g/mol. The van der Waals surface area contributed by atoms with Gasteiger partial charge in [0, 0.05) is 23.3 Å². The molecule has 1 aromatic rings. The summed E-state index contributed by atoms with van der Waals surface area (Å²) in [4.78, 5) is 0.168. The summed E-state index contributed by atoms with van der Waals surface area (Å²) in [6.45, 7) is 7.40. The molecule has 6 heteroatoms. The summed E-state index contributed by atoms with van der Waals surface area (Å²) in [7, 11) is -2.04. The van der Waals surface area contributed by atoms with E-state index in [1.165, 1.54) is 10.4 Å². The highest BCUT2D eigenvalue weighted by Gasteiger charge is 2.34. The molecule has 0 aliphatic carbocycles. The number of nitrogen functional groups attached to an aromatic ring is 1. The van der Waals surface area contributed by atoms with Crippen LogP contribution in [-0.4, -0.2) is 25.3 Å². The van der Waals surface area contributed by atoms with Crippen molar-refractivity contribution in [2.24, 2.45) is 0 Å². The number of nitrogens with zero attached hydrogens (tertiary/aromatic N) is 1.